The van der Waals surface area contributed by atoms with Crippen molar-refractivity contribution in [3.05, 3.63) is 52.7 Å². The first-order chi connectivity index (χ1) is 13.8. The second kappa shape index (κ2) is 7.52. The van der Waals surface area contributed by atoms with Gasteiger partial charge in [-0.3, -0.25) is 4.79 Å². The van der Waals surface area contributed by atoms with Crippen LogP contribution in [0.1, 0.15) is 30.9 Å². The molecule has 0 N–H and O–H groups in total. The number of para-hydroxylation sites is 1. The number of carbonyl (C=O) groups is 1. The summed E-state index contributed by atoms with van der Waals surface area (Å²) >= 11 is 6.07. The molecule has 154 valence electrons. The Kier molecular flexibility index (Phi) is 5.19. The number of pyridine rings is 1. The Labute approximate surface area is 172 Å². The highest BCUT2D eigenvalue weighted by molar-refractivity contribution is 6.33. The summed E-state index contributed by atoms with van der Waals surface area (Å²) in [5, 5.41) is -0.0216. The molecule has 1 fully saturated rings. The number of rotatable bonds is 2. The van der Waals surface area contributed by atoms with Gasteiger partial charge in [0.1, 0.15) is 5.82 Å². The Bertz CT molecular complexity index is 926. The van der Waals surface area contributed by atoms with E-state index in [0.29, 0.717) is 31.7 Å². The minimum Gasteiger partial charge on any atom is -0.355 e. The highest BCUT2D eigenvalue weighted by atomic mass is 35.5. The van der Waals surface area contributed by atoms with Gasteiger partial charge in [-0.25, -0.2) is 4.98 Å². The monoisotopic (exact) mass is 423 g/mol. The molecule has 1 aromatic carbocycles. The van der Waals surface area contributed by atoms with E-state index in [1.54, 1.807) is 0 Å². The maximum atomic E-state index is 13.2. The molecule has 4 nitrogen and oxygen atoms in total. The van der Waals surface area contributed by atoms with Crippen LogP contribution in [0.25, 0.3) is 0 Å². The van der Waals surface area contributed by atoms with Gasteiger partial charge in [-0.1, -0.05) is 29.8 Å². The van der Waals surface area contributed by atoms with E-state index in [1.807, 2.05) is 28.0 Å². The van der Waals surface area contributed by atoms with Gasteiger partial charge in [-0.05, 0) is 43.9 Å². The third kappa shape index (κ3) is 3.80. The lowest BCUT2D eigenvalue weighted by Gasteiger charge is -2.35. The largest absolute Gasteiger partial charge is 0.417 e. The van der Waals surface area contributed by atoms with E-state index in [2.05, 4.69) is 18.0 Å². The molecule has 0 radical (unpaired) electrons. The fraction of sp³-hybridized carbons (Fsp3) is 0.429. The summed E-state index contributed by atoms with van der Waals surface area (Å²) in [5.74, 6) is 0.340. The van der Waals surface area contributed by atoms with Crippen LogP contribution >= 0.6 is 11.6 Å². The number of hydrogen-bond acceptors (Lipinski definition) is 3. The maximum Gasteiger partial charge on any atom is 0.417 e. The normalized spacial score (nSPS) is 20.1. The molecule has 1 amide bonds. The molecule has 4 rings (SSSR count). The first-order valence-corrected chi connectivity index (χ1v) is 10.0. The molecule has 0 bridgehead atoms. The van der Waals surface area contributed by atoms with E-state index in [-0.39, 0.29) is 22.9 Å². The molecule has 8 heteroatoms. The van der Waals surface area contributed by atoms with E-state index in [9.17, 15) is 18.0 Å². The van der Waals surface area contributed by atoms with Crippen molar-refractivity contribution in [3.63, 3.8) is 0 Å². The number of halogens is 4. The molecule has 1 atom stereocenters. The van der Waals surface area contributed by atoms with Crippen molar-refractivity contribution in [1.82, 2.24) is 4.98 Å². The van der Waals surface area contributed by atoms with Crippen LogP contribution in [-0.4, -0.2) is 30.0 Å². The van der Waals surface area contributed by atoms with E-state index in [0.717, 1.165) is 24.4 Å². The fourth-order valence-corrected chi connectivity index (χ4v) is 4.54. The van der Waals surface area contributed by atoms with Gasteiger partial charge in [-0.2, -0.15) is 13.2 Å². The van der Waals surface area contributed by atoms with Gasteiger partial charge in [0.2, 0.25) is 5.91 Å². The van der Waals surface area contributed by atoms with E-state index in [1.165, 1.54) is 5.56 Å². The van der Waals surface area contributed by atoms with Gasteiger partial charge in [0.05, 0.1) is 10.6 Å². The van der Waals surface area contributed by atoms with Gasteiger partial charge in [-0.15, -0.1) is 0 Å². The summed E-state index contributed by atoms with van der Waals surface area (Å²) in [6, 6.07) is 9.00. The number of hydrogen-bond donors (Lipinski definition) is 0. The Balaban J connectivity index is 1.44. The Hall–Kier alpha value is -2.28. The van der Waals surface area contributed by atoms with E-state index in [4.69, 9.17) is 11.6 Å². The highest BCUT2D eigenvalue weighted by Crippen LogP contribution is 2.37. The molecule has 1 saturated heterocycles. The summed E-state index contributed by atoms with van der Waals surface area (Å²) in [7, 11) is 0. The third-order valence-electron chi connectivity index (χ3n) is 5.74. The topological polar surface area (TPSA) is 36.4 Å². The average molecular weight is 424 g/mol. The van der Waals surface area contributed by atoms with Crippen LogP contribution < -0.4 is 9.80 Å². The van der Waals surface area contributed by atoms with Crippen LogP contribution in [0.2, 0.25) is 5.02 Å². The highest BCUT2D eigenvalue weighted by Gasteiger charge is 2.37. The summed E-state index contributed by atoms with van der Waals surface area (Å²) in [4.78, 5) is 20.9. The van der Waals surface area contributed by atoms with Crippen molar-refractivity contribution in [3.8, 4) is 0 Å². The van der Waals surface area contributed by atoms with Crippen LogP contribution in [0.4, 0.5) is 24.7 Å². The molecule has 1 unspecified atom stereocenters. The Morgan fingerprint density at radius 3 is 2.55 bits per heavy atom. The first-order valence-electron chi connectivity index (χ1n) is 9.64. The van der Waals surface area contributed by atoms with Crippen LogP contribution in [0.3, 0.4) is 0 Å². The van der Waals surface area contributed by atoms with Crippen LogP contribution in [0.15, 0.2) is 36.5 Å². The zero-order valence-corrected chi connectivity index (χ0v) is 16.7. The third-order valence-corrected chi connectivity index (χ3v) is 6.02. The number of nitrogens with zero attached hydrogens (tertiary/aromatic N) is 3. The van der Waals surface area contributed by atoms with Gasteiger partial charge in [0, 0.05) is 36.9 Å². The molecule has 0 spiro atoms. The van der Waals surface area contributed by atoms with Crippen molar-refractivity contribution in [2.24, 2.45) is 5.92 Å². The lowest BCUT2D eigenvalue weighted by atomic mass is 9.94. The Morgan fingerprint density at radius 1 is 1.21 bits per heavy atom. The van der Waals surface area contributed by atoms with E-state index < -0.39 is 11.7 Å². The summed E-state index contributed by atoms with van der Waals surface area (Å²) in [6.45, 7) is 3.11. The average Bonchev–Trinajstić information content (AvgIpc) is 3.02. The van der Waals surface area contributed by atoms with Crippen LogP contribution in [0.5, 0.6) is 0 Å². The molecule has 3 heterocycles. The first kappa shape index (κ1) is 20.0. The predicted molar refractivity (Wildman–Crippen MR) is 106 cm³/mol. The smallest absolute Gasteiger partial charge is 0.355 e. The number of amides is 1. The number of benzene rings is 1. The molecule has 29 heavy (non-hydrogen) atoms. The SMILES string of the molecule is CC1Cc2ccccc2N1C(=O)C1CCN(c2ncc(C(F)(F)F)cc2Cl)CC1. The minimum absolute atomic E-state index is 0.0216. The van der Waals surface area contributed by atoms with Crippen molar-refractivity contribution < 1.29 is 18.0 Å². The number of anilines is 2. The molecular weight excluding hydrogens is 403 g/mol. The number of alkyl halides is 3. The van der Waals surface area contributed by atoms with Gasteiger partial charge >= 0.3 is 6.18 Å². The quantitative estimate of drug-likeness (QED) is 0.686. The maximum absolute atomic E-state index is 13.2. The zero-order chi connectivity index (χ0) is 20.8. The van der Waals surface area contributed by atoms with Gasteiger partial charge in [0.15, 0.2) is 0 Å². The summed E-state index contributed by atoms with van der Waals surface area (Å²) in [6.07, 6.45) is -1.59. The van der Waals surface area contributed by atoms with Gasteiger partial charge < -0.3 is 9.80 Å². The molecule has 0 aliphatic carbocycles. The molecular formula is C21H21ClF3N3O. The van der Waals surface area contributed by atoms with Crippen LogP contribution in [0, 0.1) is 5.92 Å². The number of aromatic nitrogens is 1. The second-order valence-electron chi connectivity index (χ2n) is 7.68. The second-order valence-corrected chi connectivity index (χ2v) is 8.09. The van der Waals surface area contributed by atoms with Crippen molar-refractivity contribution >= 4 is 29.0 Å². The van der Waals surface area contributed by atoms with Crippen molar-refractivity contribution in [1.29, 1.82) is 0 Å². The van der Waals surface area contributed by atoms with Gasteiger partial charge in [0.25, 0.3) is 0 Å². The molecule has 0 saturated carbocycles. The van der Waals surface area contributed by atoms with Crippen molar-refractivity contribution in [2.45, 2.75) is 38.4 Å². The lowest BCUT2D eigenvalue weighted by Crippen LogP contribution is -2.45. The Morgan fingerprint density at radius 2 is 1.90 bits per heavy atom. The standard InChI is InChI=1S/C21H21ClF3N3O/c1-13-10-15-4-2-3-5-18(15)28(13)20(29)14-6-8-27(9-7-14)19-17(22)11-16(12-26-19)21(23,24)25/h2-5,11-14H,6-10H2,1H3. The molecule has 1 aromatic heterocycles. The molecule has 2 aliphatic rings. The fourth-order valence-electron chi connectivity index (χ4n) is 4.25. The summed E-state index contributed by atoms with van der Waals surface area (Å²) in [5.41, 5.74) is 1.31. The number of fused-ring (bicyclic) bond motifs is 1. The summed E-state index contributed by atoms with van der Waals surface area (Å²) < 4.78 is 38.4. The van der Waals surface area contributed by atoms with E-state index >= 15 is 0 Å². The van der Waals surface area contributed by atoms with Crippen LogP contribution in [-0.2, 0) is 17.4 Å². The number of carbonyl (C=O) groups excluding carboxylic acids is 1. The minimum atomic E-state index is -4.47. The van der Waals surface area contributed by atoms with Crippen molar-refractivity contribution in [2.75, 3.05) is 22.9 Å². The lowest BCUT2D eigenvalue weighted by molar-refractivity contribution is -0.137. The zero-order valence-electron chi connectivity index (χ0n) is 15.9. The molecule has 2 aromatic rings. The predicted octanol–water partition coefficient (Wildman–Crippen LogP) is 4.95. The number of piperidine rings is 1. The molecule has 2 aliphatic heterocycles.